The molecule has 4 nitrogen and oxygen atoms in total. The van der Waals surface area contributed by atoms with Crippen LogP contribution in [0.4, 0.5) is 4.39 Å². The topological polar surface area (TPSA) is 43.8 Å². The molecule has 0 heterocycles. The van der Waals surface area contributed by atoms with Gasteiger partial charge < -0.3 is 14.9 Å². The van der Waals surface area contributed by atoms with Gasteiger partial charge in [-0.05, 0) is 64.4 Å². The van der Waals surface area contributed by atoms with E-state index in [1.54, 1.807) is 0 Å². The van der Waals surface area contributed by atoms with Crippen LogP contribution in [-0.4, -0.2) is 55.1 Å². The molecule has 0 amide bonds. The van der Waals surface area contributed by atoms with Crippen LogP contribution in [0, 0.1) is 5.82 Å². The molecule has 19 heavy (non-hydrogen) atoms. The largest absolute Gasteiger partial charge is 0.478 e. The highest BCUT2D eigenvalue weighted by Gasteiger charge is 2.12. The van der Waals surface area contributed by atoms with Gasteiger partial charge in [0, 0.05) is 6.54 Å². The fourth-order valence-electron chi connectivity index (χ4n) is 1.93. The molecule has 0 aliphatic rings. The molecule has 0 unspecified atom stereocenters. The van der Waals surface area contributed by atoms with Gasteiger partial charge in [0.1, 0.15) is 5.82 Å². The van der Waals surface area contributed by atoms with E-state index in [1.807, 2.05) is 26.0 Å². The smallest absolute Gasteiger partial charge is 0.336 e. The van der Waals surface area contributed by atoms with Crippen LogP contribution in [0.2, 0.25) is 0 Å². The van der Waals surface area contributed by atoms with E-state index in [9.17, 15) is 9.18 Å². The Morgan fingerprint density at radius 2 is 1.95 bits per heavy atom. The molecule has 0 saturated heterocycles. The first kappa shape index (κ1) is 15.6. The number of hydrogen-bond donors (Lipinski definition) is 1. The van der Waals surface area contributed by atoms with E-state index in [0.29, 0.717) is 12.1 Å². The first-order valence-electron chi connectivity index (χ1n) is 6.25. The molecule has 5 heteroatoms. The van der Waals surface area contributed by atoms with Gasteiger partial charge in [0.25, 0.3) is 0 Å². The van der Waals surface area contributed by atoms with E-state index in [4.69, 9.17) is 5.11 Å². The number of carboxylic acids is 1. The monoisotopic (exact) mass is 268 g/mol. The Morgan fingerprint density at radius 3 is 2.53 bits per heavy atom. The zero-order valence-corrected chi connectivity index (χ0v) is 11.7. The minimum absolute atomic E-state index is 0.167. The van der Waals surface area contributed by atoms with Gasteiger partial charge in [0.2, 0.25) is 0 Å². The SMILES string of the molecule is CN(C)CCCN(C)Cc1cc(F)ccc1C(=O)O. The van der Waals surface area contributed by atoms with Crippen molar-refractivity contribution >= 4 is 5.97 Å². The molecule has 0 saturated carbocycles. The van der Waals surface area contributed by atoms with Crippen LogP contribution in [0.25, 0.3) is 0 Å². The van der Waals surface area contributed by atoms with Crippen LogP contribution in [-0.2, 0) is 6.54 Å². The lowest BCUT2D eigenvalue weighted by atomic mass is 10.1. The summed E-state index contributed by atoms with van der Waals surface area (Å²) in [5.74, 6) is -1.42. The standard InChI is InChI=1S/C14H21FN2O2/c1-16(2)7-4-8-17(3)10-11-9-12(15)5-6-13(11)14(18)19/h5-6,9H,4,7-8,10H2,1-3H3,(H,18,19). The summed E-state index contributed by atoms with van der Waals surface area (Å²) in [6, 6.07) is 3.80. The van der Waals surface area contributed by atoms with Crippen molar-refractivity contribution in [3.8, 4) is 0 Å². The highest BCUT2D eigenvalue weighted by atomic mass is 19.1. The maximum absolute atomic E-state index is 13.2. The average molecular weight is 268 g/mol. The number of benzene rings is 1. The van der Waals surface area contributed by atoms with Gasteiger partial charge in [-0.3, -0.25) is 0 Å². The fraction of sp³-hybridized carbons (Fsp3) is 0.500. The zero-order chi connectivity index (χ0) is 14.4. The van der Waals surface area contributed by atoms with Crippen LogP contribution in [0.5, 0.6) is 0 Å². The molecule has 1 aromatic carbocycles. The van der Waals surface area contributed by atoms with Crippen LogP contribution in [0.1, 0.15) is 22.3 Å². The Kier molecular flexibility index (Phi) is 5.92. The predicted molar refractivity (Wildman–Crippen MR) is 72.9 cm³/mol. The van der Waals surface area contributed by atoms with Crippen molar-refractivity contribution in [2.24, 2.45) is 0 Å². The molecule has 0 aromatic heterocycles. The van der Waals surface area contributed by atoms with Gasteiger partial charge >= 0.3 is 5.97 Å². The number of carbonyl (C=O) groups is 1. The molecule has 1 N–H and O–H groups in total. The Morgan fingerprint density at radius 1 is 1.26 bits per heavy atom. The number of rotatable bonds is 7. The third kappa shape index (κ3) is 5.36. The first-order valence-corrected chi connectivity index (χ1v) is 6.25. The van der Waals surface area contributed by atoms with Gasteiger partial charge in [0.15, 0.2) is 0 Å². The van der Waals surface area contributed by atoms with Gasteiger partial charge in [-0.15, -0.1) is 0 Å². The maximum atomic E-state index is 13.2. The van der Waals surface area contributed by atoms with Crippen LogP contribution < -0.4 is 0 Å². The second kappa shape index (κ2) is 7.21. The van der Waals surface area contributed by atoms with Crippen LogP contribution >= 0.6 is 0 Å². The second-order valence-corrected chi connectivity index (χ2v) is 5.00. The summed E-state index contributed by atoms with van der Waals surface area (Å²) >= 11 is 0. The quantitative estimate of drug-likeness (QED) is 0.820. The van der Waals surface area contributed by atoms with Crippen LogP contribution in [0.15, 0.2) is 18.2 Å². The van der Waals surface area contributed by atoms with E-state index >= 15 is 0 Å². The molecule has 0 radical (unpaired) electrons. The van der Waals surface area contributed by atoms with Gasteiger partial charge in [-0.2, -0.15) is 0 Å². The summed E-state index contributed by atoms with van der Waals surface area (Å²) in [6.07, 6.45) is 0.987. The number of hydrogen-bond acceptors (Lipinski definition) is 3. The fourth-order valence-corrected chi connectivity index (χ4v) is 1.93. The molecule has 0 aliphatic carbocycles. The van der Waals surface area contributed by atoms with Crippen molar-refractivity contribution in [1.29, 1.82) is 0 Å². The molecule has 1 rings (SSSR count). The second-order valence-electron chi connectivity index (χ2n) is 5.00. The normalized spacial score (nSPS) is 11.3. The lowest BCUT2D eigenvalue weighted by Gasteiger charge is -2.19. The molecular weight excluding hydrogens is 247 g/mol. The molecule has 1 aromatic rings. The number of nitrogens with zero attached hydrogens (tertiary/aromatic N) is 2. The summed E-state index contributed by atoms with van der Waals surface area (Å²) in [5, 5.41) is 9.07. The Balaban J connectivity index is 2.65. The van der Waals surface area contributed by atoms with Crippen molar-refractivity contribution < 1.29 is 14.3 Å². The highest BCUT2D eigenvalue weighted by Crippen LogP contribution is 2.13. The summed E-state index contributed by atoms with van der Waals surface area (Å²) in [7, 11) is 5.93. The summed E-state index contributed by atoms with van der Waals surface area (Å²) < 4.78 is 13.2. The van der Waals surface area contributed by atoms with Crippen molar-refractivity contribution in [3.63, 3.8) is 0 Å². The third-order valence-corrected chi connectivity index (χ3v) is 2.88. The van der Waals surface area contributed by atoms with E-state index in [0.717, 1.165) is 19.5 Å². The van der Waals surface area contributed by atoms with Crippen molar-refractivity contribution in [3.05, 3.63) is 35.1 Å². The van der Waals surface area contributed by atoms with E-state index in [1.165, 1.54) is 18.2 Å². The van der Waals surface area contributed by atoms with Crippen molar-refractivity contribution in [2.45, 2.75) is 13.0 Å². The number of aromatic carboxylic acids is 1. The molecule has 0 bridgehead atoms. The van der Waals surface area contributed by atoms with Crippen molar-refractivity contribution in [1.82, 2.24) is 9.80 Å². The minimum atomic E-state index is -1.02. The van der Waals surface area contributed by atoms with Crippen LogP contribution in [0.3, 0.4) is 0 Å². The van der Waals surface area contributed by atoms with E-state index in [2.05, 4.69) is 4.90 Å². The predicted octanol–water partition coefficient (Wildman–Crippen LogP) is 1.91. The summed E-state index contributed by atoms with van der Waals surface area (Å²) in [6.45, 7) is 2.25. The summed E-state index contributed by atoms with van der Waals surface area (Å²) in [4.78, 5) is 15.2. The van der Waals surface area contributed by atoms with E-state index < -0.39 is 11.8 Å². The molecule has 0 aliphatic heterocycles. The molecule has 106 valence electrons. The Labute approximate surface area is 113 Å². The summed E-state index contributed by atoms with van der Waals surface area (Å²) in [5.41, 5.74) is 0.681. The average Bonchev–Trinajstić information content (AvgIpc) is 2.27. The van der Waals surface area contributed by atoms with Crippen molar-refractivity contribution in [2.75, 3.05) is 34.2 Å². The number of carboxylic acid groups (broad SMARTS) is 1. The lowest BCUT2D eigenvalue weighted by Crippen LogP contribution is -2.24. The minimum Gasteiger partial charge on any atom is -0.478 e. The Bertz CT molecular complexity index is 435. The van der Waals surface area contributed by atoms with Gasteiger partial charge in [0.05, 0.1) is 5.56 Å². The Hall–Kier alpha value is -1.46. The zero-order valence-electron chi connectivity index (χ0n) is 11.7. The van der Waals surface area contributed by atoms with E-state index in [-0.39, 0.29) is 5.56 Å². The number of halogens is 1. The molecule has 0 spiro atoms. The molecular formula is C14H21FN2O2. The first-order chi connectivity index (χ1) is 8.90. The van der Waals surface area contributed by atoms with Gasteiger partial charge in [-0.1, -0.05) is 0 Å². The van der Waals surface area contributed by atoms with Gasteiger partial charge in [-0.25, -0.2) is 9.18 Å². The third-order valence-electron chi connectivity index (χ3n) is 2.88. The molecule has 0 fully saturated rings. The molecule has 0 atom stereocenters. The lowest BCUT2D eigenvalue weighted by molar-refractivity contribution is 0.0694. The highest BCUT2D eigenvalue weighted by molar-refractivity contribution is 5.89. The maximum Gasteiger partial charge on any atom is 0.336 e.